The Hall–Kier alpha value is -4.19. The van der Waals surface area contributed by atoms with Crippen molar-refractivity contribution in [3.63, 3.8) is 0 Å². The van der Waals surface area contributed by atoms with Gasteiger partial charge in [-0.1, -0.05) is 34.8 Å². The first kappa shape index (κ1) is 24.9. The van der Waals surface area contributed by atoms with Crippen LogP contribution in [0.5, 0.6) is 5.75 Å². The number of halogens is 2. The maximum Gasteiger partial charge on any atom is 0.159 e. The number of oxime groups is 1. The number of nitrogens with zero attached hydrogens (tertiary/aromatic N) is 3. The van der Waals surface area contributed by atoms with E-state index in [-0.39, 0.29) is 25.6 Å². The van der Waals surface area contributed by atoms with Gasteiger partial charge in [0.1, 0.15) is 36.9 Å². The third-order valence-electron chi connectivity index (χ3n) is 4.97. The van der Waals surface area contributed by atoms with Crippen LogP contribution >= 0.6 is 11.6 Å². The van der Waals surface area contributed by atoms with E-state index in [4.69, 9.17) is 26.3 Å². The van der Waals surface area contributed by atoms with Gasteiger partial charge in [-0.15, -0.1) is 0 Å². The third kappa shape index (κ3) is 6.27. The molecule has 36 heavy (non-hydrogen) atoms. The number of rotatable bonds is 9. The number of ether oxygens (including phenoxy) is 1. The third-order valence-corrected chi connectivity index (χ3v) is 5.26. The predicted molar refractivity (Wildman–Crippen MR) is 138 cm³/mol. The van der Waals surface area contributed by atoms with Crippen molar-refractivity contribution in [2.75, 3.05) is 18.5 Å². The van der Waals surface area contributed by atoms with Gasteiger partial charge in [-0.05, 0) is 66.9 Å². The molecule has 0 bridgehead atoms. The maximum atomic E-state index is 13.4. The van der Waals surface area contributed by atoms with E-state index in [9.17, 15) is 4.39 Å². The van der Waals surface area contributed by atoms with Gasteiger partial charge in [0.05, 0.1) is 17.1 Å². The molecule has 0 unspecified atom stereocenters. The Labute approximate surface area is 212 Å². The average molecular weight is 505 g/mol. The summed E-state index contributed by atoms with van der Waals surface area (Å²) < 4.78 is 19.1. The summed E-state index contributed by atoms with van der Waals surface area (Å²) >= 11 is 6.44. The van der Waals surface area contributed by atoms with E-state index in [0.717, 1.165) is 10.9 Å². The van der Waals surface area contributed by atoms with Crippen molar-refractivity contribution in [3.8, 4) is 17.6 Å². The number of nitrogens with one attached hydrogen (secondary N) is 1. The summed E-state index contributed by atoms with van der Waals surface area (Å²) in [6.07, 6.45) is 1.47. The van der Waals surface area contributed by atoms with Crippen molar-refractivity contribution in [1.29, 1.82) is 0 Å². The molecule has 0 amide bonds. The van der Waals surface area contributed by atoms with Crippen LogP contribution in [-0.4, -0.2) is 34.0 Å². The molecule has 0 saturated heterocycles. The van der Waals surface area contributed by atoms with Crippen LogP contribution in [0.4, 0.5) is 15.9 Å². The smallest absolute Gasteiger partial charge is 0.159 e. The topological polar surface area (TPSA) is 88.9 Å². The molecule has 0 spiro atoms. The molecule has 0 saturated carbocycles. The Balaban J connectivity index is 1.56. The number of aromatic nitrogens is 2. The second-order valence-electron chi connectivity index (χ2n) is 7.51. The maximum absolute atomic E-state index is 13.4. The van der Waals surface area contributed by atoms with Crippen LogP contribution in [0.25, 0.3) is 10.9 Å². The Kier molecular flexibility index (Phi) is 8.29. The number of benzene rings is 3. The molecule has 0 fully saturated rings. The van der Waals surface area contributed by atoms with Crippen LogP contribution in [-0.2, 0) is 11.4 Å². The second-order valence-corrected chi connectivity index (χ2v) is 7.92. The monoisotopic (exact) mass is 504 g/mol. The lowest BCUT2D eigenvalue weighted by Gasteiger charge is -2.12. The number of anilines is 2. The summed E-state index contributed by atoms with van der Waals surface area (Å²) in [5, 5.41) is 17.4. The fourth-order valence-corrected chi connectivity index (χ4v) is 3.58. The van der Waals surface area contributed by atoms with E-state index < -0.39 is 0 Å². The lowest BCUT2D eigenvalue weighted by Crippen LogP contribution is -2.03. The normalized spacial score (nSPS) is 11.1. The Morgan fingerprint density at radius 2 is 2.03 bits per heavy atom. The number of fused-ring (bicyclic) bond motifs is 1. The largest absolute Gasteiger partial charge is 0.487 e. The van der Waals surface area contributed by atoms with Gasteiger partial charge >= 0.3 is 0 Å². The van der Waals surface area contributed by atoms with Crippen molar-refractivity contribution in [1.82, 2.24) is 9.97 Å². The van der Waals surface area contributed by atoms with E-state index in [1.807, 2.05) is 24.3 Å². The Morgan fingerprint density at radius 1 is 1.14 bits per heavy atom. The van der Waals surface area contributed by atoms with E-state index in [1.165, 1.54) is 18.5 Å². The SMILES string of the molecule is CC#C/C(=N\OCCO)c1ccc2ncnc(Nc3ccc(OCc4cccc(F)c4)c(Cl)c3)c2c1. The number of aliphatic hydroxyl groups is 1. The summed E-state index contributed by atoms with van der Waals surface area (Å²) in [5.74, 6) is 6.44. The van der Waals surface area contributed by atoms with Gasteiger partial charge < -0.3 is 20.0 Å². The summed E-state index contributed by atoms with van der Waals surface area (Å²) in [4.78, 5) is 13.8. The second kappa shape index (κ2) is 12.0. The first-order valence-corrected chi connectivity index (χ1v) is 11.4. The van der Waals surface area contributed by atoms with Gasteiger partial charge in [0.15, 0.2) is 5.71 Å². The number of hydrogen-bond donors (Lipinski definition) is 2. The zero-order valence-corrected chi connectivity index (χ0v) is 20.1. The van der Waals surface area contributed by atoms with Crippen molar-refractivity contribution < 1.29 is 19.1 Å². The van der Waals surface area contributed by atoms with Gasteiger partial charge in [0.2, 0.25) is 0 Å². The van der Waals surface area contributed by atoms with E-state index >= 15 is 0 Å². The zero-order valence-electron chi connectivity index (χ0n) is 19.3. The molecular formula is C27H22ClFN4O3. The predicted octanol–water partition coefficient (Wildman–Crippen LogP) is 5.48. The molecule has 0 aliphatic carbocycles. The molecular weight excluding hydrogens is 483 g/mol. The quantitative estimate of drug-likeness (QED) is 0.136. The minimum atomic E-state index is -0.320. The molecule has 1 aromatic heterocycles. The summed E-state index contributed by atoms with van der Waals surface area (Å²) in [7, 11) is 0. The average Bonchev–Trinajstić information content (AvgIpc) is 2.88. The van der Waals surface area contributed by atoms with Gasteiger partial charge in [0, 0.05) is 16.6 Å². The minimum absolute atomic E-state index is 0.0705. The van der Waals surface area contributed by atoms with Crippen LogP contribution in [0.3, 0.4) is 0 Å². The lowest BCUT2D eigenvalue weighted by molar-refractivity contribution is 0.0990. The summed E-state index contributed by atoms with van der Waals surface area (Å²) in [6.45, 7) is 1.82. The lowest BCUT2D eigenvalue weighted by atomic mass is 10.1. The highest BCUT2D eigenvalue weighted by atomic mass is 35.5. The van der Waals surface area contributed by atoms with Gasteiger partial charge in [-0.2, -0.15) is 0 Å². The van der Waals surface area contributed by atoms with Crippen molar-refractivity contribution in [3.05, 3.63) is 89.0 Å². The molecule has 0 aliphatic rings. The number of hydrogen-bond acceptors (Lipinski definition) is 7. The van der Waals surface area contributed by atoms with Crippen molar-refractivity contribution >= 4 is 39.7 Å². The molecule has 2 N–H and O–H groups in total. The van der Waals surface area contributed by atoms with Crippen LogP contribution < -0.4 is 10.1 Å². The molecule has 0 radical (unpaired) electrons. The van der Waals surface area contributed by atoms with Gasteiger partial charge in [0.25, 0.3) is 0 Å². The first-order chi connectivity index (χ1) is 17.6. The zero-order chi connectivity index (χ0) is 25.3. The molecule has 1 heterocycles. The van der Waals surface area contributed by atoms with Crippen LogP contribution in [0.15, 0.2) is 72.1 Å². The Morgan fingerprint density at radius 3 is 2.81 bits per heavy atom. The van der Waals surface area contributed by atoms with E-state index in [2.05, 4.69) is 32.3 Å². The van der Waals surface area contributed by atoms with Crippen molar-refractivity contribution in [2.24, 2.45) is 5.16 Å². The Bertz CT molecular complexity index is 1470. The molecule has 182 valence electrons. The fraction of sp³-hybridized carbons (Fsp3) is 0.148. The fourth-order valence-electron chi connectivity index (χ4n) is 3.34. The highest BCUT2D eigenvalue weighted by Crippen LogP contribution is 2.31. The number of aliphatic hydroxyl groups excluding tert-OH is 1. The molecule has 0 aliphatic heterocycles. The molecule has 4 rings (SSSR count). The summed E-state index contributed by atoms with van der Waals surface area (Å²) in [6, 6.07) is 17.0. The first-order valence-electron chi connectivity index (χ1n) is 11.0. The van der Waals surface area contributed by atoms with Gasteiger partial charge in [-0.25, -0.2) is 14.4 Å². The molecule has 0 atom stereocenters. The van der Waals surface area contributed by atoms with Crippen LogP contribution in [0, 0.1) is 17.7 Å². The summed E-state index contributed by atoms with van der Waals surface area (Å²) in [5.41, 5.74) is 3.25. The van der Waals surface area contributed by atoms with Gasteiger partial charge in [-0.3, -0.25) is 0 Å². The standard InChI is InChI=1S/C27H22ClFN4O3/c1-2-4-24(33-36-12-11-34)19-7-9-25-22(14-19)27(31-17-30-25)32-21-8-10-26(23(28)15-21)35-16-18-5-3-6-20(29)13-18/h3,5-10,13-15,17,34H,11-12,16H2,1H3,(H,30,31,32)/b33-24+. The molecule has 4 aromatic rings. The van der Waals surface area contributed by atoms with Crippen LogP contribution in [0.1, 0.15) is 18.1 Å². The molecule has 7 nitrogen and oxygen atoms in total. The molecule has 3 aromatic carbocycles. The highest BCUT2D eigenvalue weighted by molar-refractivity contribution is 6.32. The highest BCUT2D eigenvalue weighted by Gasteiger charge is 2.10. The molecule has 9 heteroatoms. The van der Waals surface area contributed by atoms with E-state index in [0.29, 0.717) is 39.1 Å². The van der Waals surface area contributed by atoms with E-state index in [1.54, 1.807) is 31.2 Å². The van der Waals surface area contributed by atoms with Crippen molar-refractivity contribution in [2.45, 2.75) is 13.5 Å². The minimum Gasteiger partial charge on any atom is -0.487 e. The van der Waals surface area contributed by atoms with Crippen LogP contribution in [0.2, 0.25) is 5.02 Å².